The molecular formula is C20H31N3O5S. The average Bonchev–Trinajstić information content (AvgIpc) is 3.25. The van der Waals surface area contributed by atoms with E-state index >= 15 is 0 Å². The van der Waals surface area contributed by atoms with Gasteiger partial charge in [-0.1, -0.05) is 0 Å². The van der Waals surface area contributed by atoms with Gasteiger partial charge in [0, 0.05) is 52.3 Å². The van der Waals surface area contributed by atoms with E-state index in [1.165, 1.54) is 4.31 Å². The van der Waals surface area contributed by atoms with Gasteiger partial charge in [-0.05, 0) is 44.0 Å². The van der Waals surface area contributed by atoms with Gasteiger partial charge in [0.15, 0.2) is 0 Å². The van der Waals surface area contributed by atoms with Gasteiger partial charge < -0.3 is 19.7 Å². The topological polar surface area (TPSA) is 88.2 Å². The van der Waals surface area contributed by atoms with Crippen molar-refractivity contribution >= 4 is 15.9 Å². The highest BCUT2D eigenvalue weighted by Crippen LogP contribution is 2.23. The van der Waals surface area contributed by atoms with Gasteiger partial charge in [-0.25, -0.2) is 8.42 Å². The fourth-order valence-corrected chi connectivity index (χ4v) is 5.11. The first kappa shape index (κ1) is 22.0. The van der Waals surface area contributed by atoms with Crippen LogP contribution in [0.15, 0.2) is 29.2 Å². The summed E-state index contributed by atoms with van der Waals surface area (Å²) in [6.45, 7) is 6.34. The second kappa shape index (κ2) is 10.4. The maximum absolute atomic E-state index is 13.3. The summed E-state index contributed by atoms with van der Waals surface area (Å²) in [7, 11) is -3.73. The van der Waals surface area contributed by atoms with Crippen LogP contribution in [0.1, 0.15) is 26.2 Å². The highest BCUT2D eigenvalue weighted by Gasteiger charge is 2.30. The molecule has 3 rings (SSSR count). The van der Waals surface area contributed by atoms with E-state index in [9.17, 15) is 13.2 Å². The van der Waals surface area contributed by atoms with Crippen LogP contribution >= 0.6 is 0 Å². The van der Waals surface area contributed by atoms with Gasteiger partial charge >= 0.3 is 0 Å². The van der Waals surface area contributed by atoms with E-state index in [4.69, 9.17) is 9.47 Å². The lowest BCUT2D eigenvalue weighted by Crippen LogP contribution is -2.47. The highest BCUT2D eigenvalue weighted by molar-refractivity contribution is 7.89. The van der Waals surface area contributed by atoms with E-state index in [1.807, 2.05) is 6.92 Å². The summed E-state index contributed by atoms with van der Waals surface area (Å²) < 4.78 is 39.0. The molecule has 29 heavy (non-hydrogen) atoms. The summed E-state index contributed by atoms with van der Waals surface area (Å²) >= 11 is 0. The molecule has 1 aromatic carbocycles. The Morgan fingerprint density at radius 3 is 2.62 bits per heavy atom. The first-order valence-electron chi connectivity index (χ1n) is 10.3. The Labute approximate surface area is 173 Å². The lowest BCUT2D eigenvalue weighted by Gasteiger charge is -2.29. The molecule has 0 unspecified atom stereocenters. The maximum Gasteiger partial charge on any atom is 0.243 e. The van der Waals surface area contributed by atoms with E-state index in [2.05, 4.69) is 5.32 Å². The van der Waals surface area contributed by atoms with Gasteiger partial charge in [0.2, 0.25) is 15.9 Å². The van der Waals surface area contributed by atoms with E-state index < -0.39 is 10.0 Å². The standard InChI is InChI=1S/C20H31N3O5S/c1-2-27-17-5-7-19(8-6-17)29(25,26)23(16-18-4-3-15-28-18)12-9-20(24)22-13-10-21-11-14-22/h5-8,18,21H,2-4,9-16H2,1H3/t18-/m1/s1. The number of amides is 1. The van der Waals surface area contributed by atoms with Crippen molar-refractivity contribution in [1.29, 1.82) is 0 Å². The first-order chi connectivity index (χ1) is 14.0. The van der Waals surface area contributed by atoms with Gasteiger partial charge in [0.1, 0.15) is 5.75 Å². The van der Waals surface area contributed by atoms with E-state index in [0.29, 0.717) is 32.1 Å². The number of nitrogens with zero attached hydrogens (tertiary/aromatic N) is 2. The Hall–Kier alpha value is -1.68. The minimum atomic E-state index is -3.73. The number of hydrogen-bond acceptors (Lipinski definition) is 6. The van der Waals surface area contributed by atoms with Gasteiger partial charge in [-0.15, -0.1) is 0 Å². The summed E-state index contributed by atoms with van der Waals surface area (Å²) in [5.74, 6) is 0.622. The Morgan fingerprint density at radius 2 is 2.00 bits per heavy atom. The molecule has 0 aromatic heterocycles. The third-order valence-electron chi connectivity index (χ3n) is 5.25. The molecule has 1 atom stereocenters. The molecule has 1 amide bonds. The summed E-state index contributed by atoms with van der Waals surface area (Å²) in [5, 5.41) is 3.22. The number of benzene rings is 1. The molecule has 9 heteroatoms. The predicted octanol–water partition coefficient (Wildman–Crippen LogP) is 1.08. The van der Waals surface area contributed by atoms with Crippen molar-refractivity contribution in [2.24, 2.45) is 0 Å². The summed E-state index contributed by atoms with van der Waals surface area (Å²) in [6, 6.07) is 6.43. The van der Waals surface area contributed by atoms with E-state index in [-0.39, 0.29) is 36.4 Å². The van der Waals surface area contributed by atoms with Crippen LogP contribution in [0.4, 0.5) is 0 Å². The molecule has 2 aliphatic rings. The van der Waals surface area contributed by atoms with Gasteiger partial charge in [-0.2, -0.15) is 4.31 Å². The SMILES string of the molecule is CCOc1ccc(S(=O)(=O)N(CCC(=O)N2CCNCC2)C[C@H]2CCCO2)cc1. The summed E-state index contributed by atoms with van der Waals surface area (Å²) in [5.41, 5.74) is 0. The van der Waals surface area contributed by atoms with Crippen molar-refractivity contribution in [2.45, 2.75) is 37.2 Å². The Bertz CT molecular complexity index is 757. The van der Waals surface area contributed by atoms with Gasteiger partial charge in [-0.3, -0.25) is 4.79 Å². The van der Waals surface area contributed by atoms with Crippen molar-refractivity contribution in [3.8, 4) is 5.75 Å². The normalized spacial score (nSPS) is 20.2. The Balaban J connectivity index is 1.71. The number of rotatable bonds is 9. The van der Waals surface area contributed by atoms with E-state index in [0.717, 1.165) is 25.9 Å². The van der Waals surface area contributed by atoms with Crippen LogP contribution < -0.4 is 10.1 Å². The molecule has 2 fully saturated rings. The molecule has 2 heterocycles. The molecule has 0 radical (unpaired) electrons. The van der Waals surface area contributed by atoms with Crippen LogP contribution in [0.2, 0.25) is 0 Å². The highest BCUT2D eigenvalue weighted by atomic mass is 32.2. The number of sulfonamides is 1. The van der Waals surface area contributed by atoms with Crippen LogP contribution in [0.5, 0.6) is 5.75 Å². The van der Waals surface area contributed by atoms with Crippen molar-refractivity contribution in [3.05, 3.63) is 24.3 Å². The molecule has 0 saturated carbocycles. The third kappa shape index (κ3) is 5.91. The van der Waals surface area contributed by atoms with Crippen molar-refractivity contribution in [2.75, 3.05) is 52.5 Å². The average molecular weight is 426 g/mol. The molecule has 1 N–H and O–H groups in total. The maximum atomic E-state index is 13.3. The Kier molecular flexibility index (Phi) is 7.88. The van der Waals surface area contributed by atoms with Crippen LogP contribution in [0.3, 0.4) is 0 Å². The lowest BCUT2D eigenvalue weighted by molar-refractivity contribution is -0.131. The number of hydrogen-bond donors (Lipinski definition) is 1. The van der Waals surface area contributed by atoms with Crippen LogP contribution in [0, 0.1) is 0 Å². The Morgan fingerprint density at radius 1 is 1.28 bits per heavy atom. The van der Waals surface area contributed by atoms with Crippen LogP contribution in [-0.2, 0) is 19.6 Å². The van der Waals surface area contributed by atoms with Crippen molar-refractivity contribution in [3.63, 3.8) is 0 Å². The molecule has 2 saturated heterocycles. The molecular weight excluding hydrogens is 394 g/mol. The minimum absolute atomic E-state index is 0.00858. The summed E-state index contributed by atoms with van der Waals surface area (Å²) in [6.07, 6.45) is 1.81. The zero-order valence-electron chi connectivity index (χ0n) is 17.0. The minimum Gasteiger partial charge on any atom is -0.494 e. The lowest BCUT2D eigenvalue weighted by atomic mass is 10.2. The molecule has 162 valence electrons. The monoisotopic (exact) mass is 425 g/mol. The summed E-state index contributed by atoms with van der Waals surface area (Å²) in [4.78, 5) is 14.5. The second-order valence-electron chi connectivity index (χ2n) is 7.28. The van der Waals surface area contributed by atoms with Crippen LogP contribution in [0.25, 0.3) is 0 Å². The molecule has 2 aliphatic heterocycles. The van der Waals surface area contributed by atoms with Crippen molar-refractivity contribution < 1.29 is 22.7 Å². The number of carbonyl (C=O) groups excluding carboxylic acids is 1. The first-order valence-corrected chi connectivity index (χ1v) is 11.8. The molecule has 0 aliphatic carbocycles. The molecule has 0 bridgehead atoms. The molecule has 1 aromatic rings. The van der Waals surface area contributed by atoms with Gasteiger partial charge in [0.05, 0.1) is 17.6 Å². The predicted molar refractivity (Wildman–Crippen MR) is 109 cm³/mol. The van der Waals surface area contributed by atoms with E-state index in [1.54, 1.807) is 29.2 Å². The largest absolute Gasteiger partial charge is 0.494 e. The second-order valence-corrected chi connectivity index (χ2v) is 9.22. The van der Waals surface area contributed by atoms with Crippen LogP contribution in [-0.4, -0.2) is 82.1 Å². The van der Waals surface area contributed by atoms with Gasteiger partial charge in [0.25, 0.3) is 0 Å². The fourth-order valence-electron chi connectivity index (χ4n) is 3.64. The number of carbonyl (C=O) groups is 1. The smallest absolute Gasteiger partial charge is 0.243 e. The molecule has 8 nitrogen and oxygen atoms in total. The zero-order chi connectivity index (χ0) is 20.7. The third-order valence-corrected chi connectivity index (χ3v) is 7.13. The fraction of sp³-hybridized carbons (Fsp3) is 0.650. The number of nitrogens with one attached hydrogen (secondary N) is 1. The molecule has 0 spiro atoms. The quantitative estimate of drug-likeness (QED) is 0.637. The zero-order valence-corrected chi connectivity index (χ0v) is 17.8. The number of ether oxygens (including phenoxy) is 2. The number of piperazine rings is 1. The van der Waals surface area contributed by atoms with Crippen molar-refractivity contribution in [1.82, 2.24) is 14.5 Å².